The van der Waals surface area contributed by atoms with Gasteiger partial charge in [0, 0.05) is 91.0 Å². The van der Waals surface area contributed by atoms with Gasteiger partial charge >= 0.3 is 0 Å². The number of hydrogen-bond acceptors (Lipinski definition) is 10. The number of amides is 4. The molecule has 2 aromatic carbocycles. The number of ether oxygens (including phenoxy) is 2. The normalized spacial score (nSPS) is 19.6. The molecule has 2 saturated carbocycles. The number of anilines is 2. The zero-order valence-electron chi connectivity index (χ0n) is 38.1. The maximum atomic E-state index is 13.3. The minimum Gasteiger partial charge on any atom is -0.487 e. The molecule has 4 aliphatic heterocycles. The quantitative estimate of drug-likeness (QED) is 0.123. The van der Waals surface area contributed by atoms with Crippen LogP contribution < -0.4 is 30.7 Å². The number of aryl methyl sites for hydroxylation is 1. The predicted octanol–water partition coefficient (Wildman–Crippen LogP) is 7.03. The fourth-order valence-electron chi connectivity index (χ4n) is 9.35. The Morgan fingerprint density at radius 3 is 1.74 bits per heavy atom. The highest BCUT2D eigenvalue weighted by Crippen LogP contribution is 2.49. The van der Waals surface area contributed by atoms with Gasteiger partial charge in [0.05, 0.1) is 12.4 Å². The van der Waals surface area contributed by atoms with E-state index >= 15 is 0 Å². The van der Waals surface area contributed by atoms with E-state index < -0.39 is 0 Å². The van der Waals surface area contributed by atoms with Crippen molar-refractivity contribution in [2.24, 2.45) is 5.92 Å². The SMILES string of the molecule is CC1(C)Cc2cc(NC(=O)c3cnn4ccc(CC5CCNC5=O)nc34)c(C3CC3)cc2O1.Cc1ccn2ncc(C(=O)Nc3cc4c(cc3C3CC3)OC(C)(C)C4)c2n1.O=C1CCCN1. The molecule has 6 aromatic rings. The molecule has 2 aliphatic carbocycles. The van der Waals surface area contributed by atoms with Gasteiger partial charge in [0.15, 0.2) is 11.3 Å². The van der Waals surface area contributed by atoms with Crippen LogP contribution in [0.5, 0.6) is 11.5 Å². The van der Waals surface area contributed by atoms with Gasteiger partial charge in [-0.05, 0) is 133 Å². The van der Waals surface area contributed by atoms with Gasteiger partial charge in [-0.1, -0.05) is 0 Å². The number of carbonyl (C=O) groups excluding carboxylic acids is 4. The summed E-state index contributed by atoms with van der Waals surface area (Å²) in [6.45, 7) is 11.8. The fourth-order valence-corrected chi connectivity index (χ4v) is 9.35. The van der Waals surface area contributed by atoms with Crippen LogP contribution in [0, 0.1) is 12.8 Å². The van der Waals surface area contributed by atoms with Crippen LogP contribution in [0.4, 0.5) is 11.4 Å². The highest BCUT2D eigenvalue weighted by atomic mass is 16.5. The van der Waals surface area contributed by atoms with Crippen molar-refractivity contribution < 1.29 is 28.7 Å². The van der Waals surface area contributed by atoms with Gasteiger partial charge < -0.3 is 30.7 Å². The molecule has 0 spiro atoms. The Morgan fingerprint density at radius 2 is 1.27 bits per heavy atom. The maximum absolute atomic E-state index is 13.3. The van der Waals surface area contributed by atoms with Gasteiger partial charge in [0.25, 0.3) is 11.8 Å². The predicted molar refractivity (Wildman–Crippen MR) is 247 cm³/mol. The topological polar surface area (TPSA) is 195 Å². The molecule has 66 heavy (non-hydrogen) atoms. The highest BCUT2D eigenvalue weighted by Gasteiger charge is 2.36. The molecule has 0 radical (unpaired) electrons. The lowest BCUT2D eigenvalue weighted by molar-refractivity contribution is -0.122. The molecule has 12 rings (SSSR count). The Balaban J connectivity index is 0.000000140. The van der Waals surface area contributed by atoms with E-state index in [1.165, 1.54) is 5.56 Å². The van der Waals surface area contributed by atoms with Crippen molar-refractivity contribution in [1.82, 2.24) is 39.8 Å². The molecular weight excluding hydrogens is 837 g/mol. The molecule has 4 amide bonds. The molecule has 4 fully saturated rings. The van der Waals surface area contributed by atoms with Crippen molar-refractivity contribution in [3.8, 4) is 11.5 Å². The standard InChI is InChI=1S/C25H27N5O3.C21H22N4O2.C4H7NO/c1-25(2)12-16-10-20(18(14-3-4-14)11-21(16)33-25)29-24(32)19-13-27-30-8-6-17(28-22(19)30)9-15-5-7-26-23(15)31;1-12-6-7-25-19(23-12)16(11-22-25)20(26)24-17-8-14-10-21(2,3)27-18(14)9-15(17)13-4-5-13;6-4-2-1-3-5-4/h6,8,10-11,13-15H,3-5,7,9,12H2,1-2H3,(H,26,31)(H,29,32);6-9,11,13H,4-5,10H2,1-3H3,(H,24,26);1-3H2,(H,5,6). The van der Waals surface area contributed by atoms with Crippen LogP contribution >= 0.6 is 0 Å². The van der Waals surface area contributed by atoms with Crippen molar-refractivity contribution in [2.45, 2.75) is 122 Å². The van der Waals surface area contributed by atoms with Crippen molar-refractivity contribution >= 4 is 46.3 Å². The molecule has 4 aromatic heterocycles. The van der Waals surface area contributed by atoms with E-state index in [0.717, 1.165) is 115 Å². The van der Waals surface area contributed by atoms with Crippen LogP contribution in [0.25, 0.3) is 11.3 Å². The average Bonchev–Trinajstić information content (AvgIpc) is 3.96. The first-order valence-corrected chi connectivity index (χ1v) is 23.2. The largest absolute Gasteiger partial charge is 0.487 e. The number of nitrogens with one attached hydrogen (secondary N) is 4. The van der Waals surface area contributed by atoms with Crippen LogP contribution in [0.15, 0.2) is 61.2 Å². The van der Waals surface area contributed by atoms with E-state index in [0.29, 0.717) is 47.2 Å². The van der Waals surface area contributed by atoms with Crippen LogP contribution in [0.3, 0.4) is 0 Å². The first kappa shape index (κ1) is 43.1. The lowest BCUT2D eigenvalue weighted by Crippen LogP contribution is -2.24. The van der Waals surface area contributed by atoms with E-state index in [2.05, 4.69) is 93.4 Å². The summed E-state index contributed by atoms with van der Waals surface area (Å²) in [5, 5.41) is 20.3. The van der Waals surface area contributed by atoms with Gasteiger partial charge in [0.2, 0.25) is 11.8 Å². The molecule has 0 bridgehead atoms. The molecule has 2 saturated heterocycles. The summed E-state index contributed by atoms with van der Waals surface area (Å²) < 4.78 is 15.4. The smallest absolute Gasteiger partial charge is 0.261 e. The first-order valence-electron chi connectivity index (χ1n) is 23.2. The zero-order chi connectivity index (χ0) is 45.9. The van der Waals surface area contributed by atoms with E-state index in [9.17, 15) is 19.2 Å². The Hall–Kier alpha value is -6.84. The third-order valence-electron chi connectivity index (χ3n) is 12.9. The van der Waals surface area contributed by atoms with Crippen molar-refractivity contribution in [2.75, 3.05) is 23.7 Å². The number of benzene rings is 2. The second-order valence-electron chi connectivity index (χ2n) is 19.7. The molecule has 342 valence electrons. The van der Waals surface area contributed by atoms with Crippen LogP contribution in [-0.2, 0) is 28.9 Å². The maximum Gasteiger partial charge on any atom is 0.261 e. The number of fused-ring (bicyclic) bond motifs is 4. The van der Waals surface area contributed by atoms with Gasteiger partial charge in [-0.3, -0.25) is 19.2 Å². The van der Waals surface area contributed by atoms with E-state index in [-0.39, 0.29) is 40.7 Å². The summed E-state index contributed by atoms with van der Waals surface area (Å²) in [6, 6.07) is 12.1. The number of carbonyl (C=O) groups is 4. The van der Waals surface area contributed by atoms with E-state index in [1.54, 1.807) is 27.6 Å². The lowest BCUT2D eigenvalue weighted by atomic mass is 9.98. The van der Waals surface area contributed by atoms with Crippen molar-refractivity contribution in [1.29, 1.82) is 0 Å². The molecule has 1 atom stereocenters. The fraction of sp³-hybridized carbons (Fsp3) is 0.440. The molecule has 4 N–H and O–H groups in total. The summed E-state index contributed by atoms with van der Waals surface area (Å²) in [7, 11) is 0. The van der Waals surface area contributed by atoms with E-state index in [4.69, 9.17) is 9.47 Å². The molecule has 8 heterocycles. The third-order valence-corrected chi connectivity index (χ3v) is 12.9. The van der Waals surface area contributed by atoms with Gasteiger partial charge in [-0.2, -0.15) is 10.2 Å². The summed E-state index contributed by atoms with van der Waals surface area (Å²) in [4.78, 5) is 57.5. The van der Waals surface area contributed by atoms with E-state index in [1.807, 2.05) is 25.3 Å². The van der Waals surface area contributed by atoms with Gasteiger partial charge in [-0.25, -0.2) is 19.0 Å². The Bertz CT molecular complexity index is 2920. The second-order valence-corrected chi connectivity index (χ2v) is 19.7. The van der Waals surface area contributed by atoms with Crippen LogP contribution in [0.2, 0.25) is 0 Å². The molecule has 16 nitrogen and oxygen atoms in total. The molecular formula is C50H56N10O6. The summed E-state index contributed by atoms with van der Waals surface area (Å²) >= 11 is 0. The van der Waals surface area contributed by atoms with Crippen LogP contribution in [-0.4, -0.2) is 77.1 Å². The summed E-state index contributed by atoms with van der Waals surface area (Å²) in [6.07, 6.45) is 16.1. The Morgan fingerprint density at radius 1 is 0.727 bits per heavy atom. The minimum absolute atomic E-state index is 0.0690. The average molecular weight is 893 g/mol. The number of hydrogen-bond donors (Lipinski definition) is 4. The van der Waals surface area contributed by atoms with Crippen molar-refractivity contribution in [3.05, 3.63) is 106 Å². The second kappa shape index (κ2) is 16.9. The molecule has 6 aliphatic rings. The molecule has 16 heteroatoms. The zero-order valence-corrected chi connectivity index (χ0v) is 38.1. The van der Waals surface area contributed by atoms with Crippen LogP contribution in [0.1, 0.15) is 139 Å². The lowest BCUT2D eigenvalue weighted by Gasteiger charge is -2.17. The van der Waals surface area contributed by atoms with Gasteiger partial charge in [-0.15, -0.1) is 0 Å². The molecule has 1 unspecified atom stereocenters. The highest BCUT2D eigenvalue weighted by molar-refractivity contribution is 6.09. The van der Waals surface area contributed by atoms with Gasteiger partial charge in [0.1, 0.15) is 33.8 Å². The number of nitrogens with zero attached hydrogens (tertiary/aromatic N) is 6. The summed E-state index contributed by atoms with van der Waals surface area (Å²) in [5.74, 6) is 2.64. The monoisotopic (exact) mass is 892 g/mol. The Labute approximate surface area is 382 Å². The number of rotatable bonds is 8. The van der Waals surface area contributed by atoms with Crippen molar-refractivity contribution in [3.63, 3.8) is 0 Å². The Kier molecular flexibility index (Phi) is 11.0. The minimum atomic E-state index is -0.231. The summed E-state index contributed by atoms with van der Waals surface area (Å²) in [5.41, 5.74) is 9.50. The first-order chi connectivity index (χ1) is 31.6. The third kappa shape index (κ3) is 9.18. The number of aromatic nitrogens is 6.